The van der Waals surface area contributed by atoms with Crippen LogP contribution in [0, 0.1) is 4.77 Å². The monoisotopic (exact) mass is 436 g/mol. The van der Waals surface area contributed by atoms with Crippen molar-refractivity contribution in [2.75, 3.05) is 0 Å². The van der Waals surface area contributed by atoms with Gasteiger partial charge >= 0.3 is 0 Å². The van der Waals surface area contributed by atoms with Gasteiger partial charge in [0.1, 0.15) is 5.56 Å². The Kier molecular flexibility index (Phi) is 4.85. The number of aromatic hydroxyl groups is 1. The van der Waals surface area contributed by atoms with Gasteiger partial charge in [0, 0.05) is 31.9 Å². The van der Waals surface area contributed by atoms with Crippen molar-refractivity contribution in [1.29, 1.82) is 0 Å². The van der Waals surface area contributed by atoms with Crippen LogP contribution >= 0.6 is 28.1 Å². The first kappa shape index (κ1) is 18.5. The number of hydrogen-bond acceptors (Lipinski definition) is 5. The van der Waals surface area contributed by atoms with E-state index in [1.807, 2.05) is 24.3 Å². The van der Waals surface area contributed by atoms with Crippen molar-refractivity contribution in [3.8, 4) is 5.88 Å². The number of rotatable bonds is 2. The lowest BCUT2D eigenvalue weighted by Crippen LogP contribution is -2.28. The lowest BCUT2D eigenvalue weighted by atomic mass is 9.99. The Morgan fingerprint density at radius 2 is 1.88 bits per heavy atom. The largest absolute Gasteiger partial charge is 0.494 e. The third kappa shape index (κ3) is 3.01. The summed E-state index contributed by atoms with van der Waals surface area (Å²) in [6, 6.07) is 7.22. The summed E-state index contributed by atoms with van der Waals surface area (Å²) >= 11 is 8.53. The van der Waals surface area contributed by atoms with Gasteiger partial charge < -0.3 is 5.11 Å². The van der Waals surface area contributed by atoms with E-state index in [9.17, 15) is 14.7 Å². The lowest BCUT2D eigenvalue weighted by Gasteiger charge is -2.20. The van der Waals surface area contributed by atoms with Crippen LogP contribution in [0.2, 0.25) is 0 Å². The topological polar surface area (TPSA) is 79.8 Å². The zero-order valence-corrected chi connectivity index (χ0v) is 16.8. The van der Waals surface area contributed by atoms with Gasteiger partial charge in [0.25, 0.3) is 5.56 Å². The predicted molar refractivity (Wildman–Crippen MR) is 104 cm³/mol. The fourth-order valence-corrected chi connectivity index (χ4v) is 3.42. The minimum absolute atomic E-state index is 0.0643. The molecule has 0 fully saturated rings. The minimum Gasteiger partial charge on any atom is -0.494 e. The van der Waals surface area contributed by atoms with E-state index in [1.54, 1.807) is 7.05 Å². The van der Waals surface area contributed by atoms with E-state index in [4.69, 9.17) is 12.2 Å². The molecule has 0 saturated heterocycles. The van der Waals surface area contributed by atoms with Crippen LogP contribution in [-0.2, 0) is 18.9 Å². The summed E-state index contributed by atoms with van der Waals surface area (Å²) in [6.45, 7) is 1.42. The number of halogens is 1. The molecule has 0 unspecified atom stereocenters. The van der Waals surface area contributed by atoms with Gasteiger partial charge in [0.2, 0.25) is 11.8 Å². The first-order chi connectivity index (χ1) is 12.2. The molecule has 0 aliphatic carbocycles. The molecular weight excluding hydrogens is 420 g/mol. The Morgan fingerprint density at radius 1 is 1.27 bits per heavy atom. The maximum Gasteiger partial charge on any atom is 0.267 e. The standard InChI is InChI=1S/C17H17BrN4O3S/c1-9(23)22-13(10-4-6-11(18)7-5-10)8-12(19-22)14-15(24)20(2)17(26)21(3)16(14)25/h4-7,13,24H,8H2,1-3H3/t13-/m0/s1. The van der Waals surface area contributed by atoms with E-state index in [-0.39, 0.29) is 28.2 Å². The first-order valence-corrected chi connectivity index (χ1v) is 9.04. The second kappa shape index (κ2) is 6.81. The van der Waals surface area contributed by atoms with Crippen molar-refractivity contribution in [2.24, 2.45) is 19.2 Å². The van der Waals surface area contributed by atoms with Crippen molar-refractivity contribution in [3.05, 3.63) is 55.0 Å². The van der Waals surface area contributed by atoms with E-state index in [0.29, 0.717) is 12.1 Å². The average Bonchev–Trinajstić information content (AvgIpc) is 3.04. The third-order valence-electron chi connectivity index (χ3n) is 4.41. The number of carbonyl (C=O) groups excluding carboxylic acids is 1. The molecule has 2 aromatic rings. The van der Waals surface area contributed by atoms with Crippen molar-refractivity contribution < 1.29 is 9.90 Å². The zero-order chi connectivity index (χ0) is 19.2. The lowest BCUT2D eigenvalue weighted by molar-refractivity contribution is -0.130. The highest BCUT2D eigenvalue weighted by molar-refractivity contribution is 9.10. The summed E-state index contributed by atoms with van der Waals surface area (Å²) in [7, 11) is 3.11. The summed E-state index contributed by atoms with van der Waals surface area (Å²) in [5.74, 6) is -0.495. The van der Waals surface area contributed by atoms with Crippen LogP contribution in [0.4, 0.5) is 0 Å². The van der Waals surface area contributed by atoms with Crippen LogP contribution < -0.4 is 5.56 Å². The molecule has 7 nitrogen and oxygen atoms in total. The van der Waals surface area contributed by atoms with E-state index in [0.717, 1.165) is 10.0 Å². The Morgan fingerprint density at radius 3 is 2.46 bits per heavy atom. The van der Waals surface area contributed by atoms with E-state index in [1.165, 1.54) is 28.1 Å². The highest BCUT2D eigenvalue weighted by Crippen LogP contribution is 2.34. The van der Waals surface area contributed by atoms with E-state index in [2.05, 4.69) is 21.0 Å². The molecule has 1 N–H and O–H groups in total. The van der Waals surface area contributed by atoms with Crippen LogP contribution in [-0.4, -0.2) is 30.9 Å². The molecule has 1 aromatic heterocycles. The van der Waals surface area contributed by atoms with E-state index < -0.39 is 5.56 Å². The summed E-state index contributed by atoms with van der Waals surface area (Å²) in [5.41, 5.74) is 0.873. The summed E-state index contributed by atoms with van der Waals surface area (Å²) in [6.07, 6.45) is 0.320. The Hall–Kier alpha value is -2.26. The molecule has 1 atom stereocenters. The molecule has 0 spiro atoms. The first-order valence-electron chi connectivity index (χ1n) is 7.84. The van der Waals surface area contributed by atoms with Crippen molar-refractivity contribution >= 4 is 39.8 Å². The number of hydrogen-bond donors (Lipinski definition) is 1. The highest BCUT2D eigenvalue weighted by Gasteiger charge is 2.34. The smallest absolute Gasteiger partial charge is 0.267 e. The van der Waals surface area contributed by atoms with Crippen LogP contribution in [0.3, 0.4) is 0 Å². The maximum atomic E-state index is 12.6. The third-order valence-corrected chi connectivity index (χ3v) is 5.49. The summed E-state index contributed by atoms with van der Waals surface area (Å²) < 4.78 is 3.74. The molecule has 0 radical (unpaired) electrons. The average molecular weight is 437 g/mol. The van der Waals surface area contributed by atoms with Gasteiger partial charge in [0.15, 0.2) is 4.77 Å². The molecule has 26 heavy (non-hydrogen) atoms. The predicted octanol–water partition coefficient (Wildman–Crippen LogP) is 2.62. The van der Waals surface area contributed by atoms with Gasteiger partial charge in [0.05, 0.1) is 11.8 Å². The van der Waals surface area contributed by atoms with Crippen molar-refractivity contribution in [1.82, 2.24) is 14.1 Å². The molecule has 3 rings (SSSR count). The fourth-order valence-electron chi connectivity index (χ4n) is 2.98. The molecule has 0 bridgehead atoms. The number of amides is 1. The number of carbonyl (C=O) groups is 1. The highest BCUT2D eigenvalue weighted by atomic mass is 79.9. The van der Waals surface area contributed by atoms with Gasteiger partial charge in [-0.2, -0.15) is 5.10 Å². The quantitative estimate of drug-likeness (QED) is 0.733. The zero-order valence-electron chi connectivity index (χ0n) is 14.4. The maximum absolute atomic E-state index is 12.6. The number of nitrogens with zero attached hydrogens (tertiary/aromatic N) is 4. The molecule has 1 aliphatic rings. The Bertz CT molecular complexity index is 1040. The van der Waals surface area contributed by atoms with E-state index >= 15 is 0 Å². The van der Waals surface area contributed by atoms with Crippen molar-refractivity contribution in [3.63, 3.8) is 0 Å². The van der Waals surface area contributed by atoms with Gasteiger partial charge in [-0.3, -0.25) is 18.7 Å². The van der Waals surface area contributed by atoms with Crippen LogP contribution in [0.5, 0.6) is 5.88 Å². The van der Waals surface area contributed by atoms with Crippen LogP contribution in [0.15, 0.2) is 38.6 Å². The summed E-state index contributed by atoms with van der Waals surface area (Å²) in [5, 5.41) is 16.1. The minimum atomic E-state index is -0.440. The molecule has 136 valence electrons. The second-order valence-electron chi connectivity index (χ2n) is 6.09. The molecule has 9 heteroatoms. The summed E-state index contributed by atoms with van der Waals surface area (Å²) in [4.78, 5) is 24.7. The van der Waals surface area contributed by atoms with Gasteiger partial charge in [-0.15, -0.1) is 0 Å². The number of benzene rings is 1. The van der Waals surface area contributed by atoms with Crippen LogP contribution in [0.25, 0.3) is 0 Å². The molecule has 1 aliphatic heterocycles. The Labute approximate surface area is 163 Å². The number of hydrazone groups is 1. The molecule has 0 saturated carbocycles. The van der Waals surface area contributed by atoms with Gasteiger partial charge in [-0.05, 0) is 29.9 Å². The molecule has 2 heterocycles. The molecule has 1 aromatic carbocycles. The van der Waals surface area contributed by atoms with Crippen molar-refractivity contribution in [2.45, 2.75) is 19.4 Å². The van der Waals surface area contributed by atoms with Crippen LogP contribution in [0.1, 0.15) is 30.5 Å². The Balaban J connectivity index is 2.12. The van der Waals surface area contributed by atoms with Gasteiger partial charge in [-0.25, -0.2) is 5.01 Å². The normalized spacial score (nSPS) is 16.7. The molecule has 1 amide bonds. The number of aromatic nitrogens is 2. The SMILES string of the molecule is CC(=O)N1N=C(c2c(O)n(C)c(=S)n(C)c2=O)C[C@H]1c1ccc(Br)cc1. The second-order valence-corrected chi connectivity index (χ2v) is 7.37. The van der Waals surface area contributed by atoms with Gasteiger partial charge in [-0.1, -0.05) is 28.1 Å². The fraction of sp³-hybridized carbons (Fsp3) is 0.294. The molecular formula is C17H17BrN4O3S.